The van der Waals surface area contributed by atoms with E-state index in [9.17, 15) is 0 Å². The molecule has 1 aromatic carbocycles. The molecule has 4 rings (SSSR count). The van der Waals surface area contributed by atoms with E-state index in [1.54, 1.807) is 11.3 Å². The van der Waals surface area contributed by atoms with Crippen LogP contribution in [0.4, 0.5) is 5.69 Å². The van der Waals surface area contributed by atoms with Gasteiger partial charge in [-0.3, -0.25) is 0 Å². The van der Waals surface area contributed by atoms with Crippen LogP contribution in [0.3, 0.4) is 0 Å². The largest absolute Gasteiger partial charge is 0.370 e. The van der Waals surface area contributed by atoms with Gasteiger partial charge in [-0.05, 0) is 46.5 Å². The first-order valence-electron chi connectivity index (χ1n) is 6.90. The molecule has 0 aliphatic rings. The van der Waals surface area contributed by atoms with Gasteiger partial charge >= 0.3 is 0 Å². The standard InChI is InChI=1S/C15H14N6S/c1-21(12-2-3-13-10(8-12)4-6-16-13)9-11-5-7-22-14(11)15-17-19-20-18-15/h2-8,16H,9H2,1H3,(H,17,18,19,20). The van der Waals surface area contributed by atoms with Gasteiger partial charge in [0.1, 0.15) is 0 Å². The molecule has 0 spiro atoms. The Hall–Kier alpha value is -2.67. The van der Waals surface area contributed by atoms with Crippen LogP contribution in [0.25, 0.3) is 21.6 Å². The molecule has 0 radical (unpaired) electrons. The van der Waals surface area contributed by atoms with E-state index in [4.69, 9.17) is 0 Å². The quantitative estimate of drug-likeness (QED) is 0.607. The van der Waals surface area contributed by atoms with Crippen molar-refractivity contribution < 1.29 is 0 Å². The SMILES string of the molecule is CN(Cc1ccsc1-c1nn[nH]n1)c1ccc2[nH]ccc2c1. The molecule has 0 unspecified atom stereocenters. The van der Waals surface area contributed by atoms with Crippen LogP contribution in [0.2, 0.25) is 0 Å². The topological polar surface area (TPSA) is 73.5 Å². The lowest BCUT2D eigenvalue weighted by atomic mass is 10.2. The van der Waals surface area contributed by atoms with Crippen molar-refractivity contribution in [2.75, 3.05) is 11.9 Å². The summed E-state index contributed by atoms with van der Waals surface area (Å²) >= 11 is 1.63. The van der Waals surface area contributed by atoms with Gasteiger partial charge in [-0.25, -0.2) is 0 Å². The molecule has 110 valence electrons. The number of aromatic amines is 2. The number of tetrazole rings is 1. The van der Waals surface area contributed by atoms with Crippen molar-refractivity contribution in [3.63, 3.8) is 0 Å². The molecule has 0 saturated carbocycles. The van der Waals surface area contributed by atoms with Gasteiger partial charge in [0.05, 0.1) is 4.88 Å². The van der Waals surface area contributed by atoms with Crippen molar-refractivity contribution in [3.8, 4) is 10.7 Å². The van der Waals surface area contributed by atoms with Crippen LogP contribution in [0.1, 0.15) is 5.56 Å². The predicted molar refractivity (Wildman–Crippen MR) is 87.9 cm³/mol. The fourth-order valence-electron chi connectivity index (χ4n) is 2.54. The number of nitrogens with one attached hydrogen (secondary N) is 2. The minimum atomic E-state index is 0.652. The summed E-state index contributed by atoms with van der Waals surface area (Å²) < 4.78 is 0. The van der Waals surface area contributed by atoms with E-state index in [0.29, 0.717) is 5.82 Å². The molecule has 22 heavy (non-hydrogen) atoms. The number of fused-ring (bicyclic) bond motifs is 1. The monoisotopic (exact) mass is 310 g/mol. The first-order valence-corrected chi connectivity index (χ1v) is 7.78. The summed E-state index contributed by atoms with van der Waals surface area (Å²) in [6.45, 7) is 0.795. The van der Waals surface area contributed by atoms with Crippen LogP contribution in [-0.4, -0.2) is 32.7 Å². The molecule has 0 saturated heterocycles. The molecule has 3 aromatic heterocycles. The van der Waals surface area contributed by atoms with Crippen LogP contribution < -0.4 is 4.90 Å². The molecular weight excluding hydrogens is 296 g/mol. The Morgan fingerprint density at radius 3 is 3.05 bits per heavy atom. The lowest BCUT2D eigenvalue weighted by Crippen LogP contribution is -2.16. The van der Waals surface area contributed by atoms with Gasteiger partial charge < -0.3 is 9.88 Å². The minimum Gasteiger partial charge on any atom is -0.370 e. The molecule has 3 heterocycles. The second-order valence-corrected chi connectivity index (χ2v) is 6.03. The van der Waals surface area contributed by atoms with E-state index < -0.39 is 0 Å². The summed E-state index contributed by atoms with van der Waals surface area (Å²) in [7, 11) is 2.09. The summed E-state index contributed by atoms with van der Waals surface area (Å²) in [5.41, 5.74) is 3.53. The Morgan fingerprint density at radius 1 is 1.23 bits per heavy atom. The molecule has 0 bridgehead atoms. The van der Waals surface area contributed by atoms with Crippen molar-refractivity contribution in [3.05, 3.63) is 47.5 Å². The molecule has 0 aliphatic carbocycles. The van der Waals surface area contributed by atoms with Crippen LogP contribution >= 0.6 is 11.3 Å². The molecule has 4 aromatic rings. The Morgan fingerprint density at radius 2 is 2.18 bits per heavy atom. The highest BCUT2D eigenvalue weighted by atomic mass is 32.1. The van der Waals surface area contributed by atoms with E-state index >= 15 is 0 Å². The van der Waals surface area contributed by atoms with E-state index in [2.05, 4.69) is 73.3 Å². The first kappa shape index (κ1) is 13.0. The van der Waals surface area contributed by atoms with Crippen LogP contribution in [0.5, 0.6) is 0 Å². The number of nitrogens with zero attached hydrogens (tertiary/aromatic N) is 4. The second kappa shape index (κ2) is 5.27. The fraction of sp³-hybridized carbons (Fsp3) is 0.133. The summed E-state index contributed by atoms with van der Waals surface area (Å²) in [4.78, 5) is 6.49. The maximum absolute atomic E-state index is 4.07. The second-order valence-electron chi connectivity index (χ2n) is 5.12. The van der Waals surface area contributed by atoms with Gasteiger partial charge in [0.15, 0.2) is 0 Å². The summed E-state index contributed by atoms with van der Waals surface area (Å²) in [5.74, 6) is 0.652. The third kappa shape index (κ3) is 2.25. The van der Waals surface area contributed by atoms with Gasteiger partial charge in [-0.1, -0.05) is 0 Å². The molecule has 7 heteroatoms. The smallest absolute Gasteiger partial charge is 0.214 e. The molecule has 0 atom stereocenters. The third-order valence-corrected chi connectivity index (χ3v) is 4.63. The van der Waals surface area contributed by atoms with E-state index in [-0.39, 0.29) is 0 Å². The minimum absolute atomic E-state index is 0.652. The van der Waals surface area contributed by atoms with Gasteiger partial charge in [0, 0.05) is 36.4 Å². The first-order chi connectivity index (χ1) is 10.8. The van der Waals surface area contributed by atoms with E-state index in [0.717, 1.165) is 16.9 Å². The highest BCUT2D eigenvalue weighted by Crippen LogP contribution is 2.29. The lowest BCUT2D eigenvalue weighted by Gasteiger charge is -2.19. The van der Waals surface area contributed by atoms with Crippen molar-refractivity contribution in [1.29, 1.82) is 0 Å². The van der Waals surface area contributed by atoms with Gasteiger partial charge in [0.25, 0.3) is 0 Å². The number of benzene rings is 1. The molecule has 0 amide bonds. The average molecular weight is 310 g/mol. The number of hydrogen-bond donors (Lipinski definition) is 2. The third-order valence-electron chi connectivity index (χ3n) is 3.68. The zero-order valence-corrected chi connectivity index (χ0v) is 12.8. The highest BCUT2D eigenvalue weighted by molar-refractivity contribution is 7.13. The number of H-pyrrole nitrogens is 2. The number of hydrogen-bond acceptors (Lipinski definition) is 5. The Bertz CT molecular complexity index is 892. The van der Waals surface area contributed by atoms with Crippen molar-refractivity contribution in [1.82, 2.24) is 25.6 Å². The normalized spacial score (nSPS) is 11.1. The maximum atomic E-state index is 4.07. The predicted octanol–water partition coefficient (Wildman–Crippen LogP) is 3.05. The van der Waals surface area contributed by atoms with E-state index in [1.807, 2.05) is 6.20 Å². The van der Waals surface area contributed by atoms with Crippen molar-refractivity contribution in [2.45, 2.75) is 6.54 Å². The number of rotatable bonds is 4. The Kier molecular flexibility index (Phi) is 3.12. The number of thiophene rings is 1. The summed E-state index contributed by atoms with van der Waals surface area (Å²) in [6.07, 6.45) is 1.96. The summed E-state index contributed by atoms with van der Waals surface area (Å²) in [5, 5.41) is 17.6. The molecule has 2 N–H and O–H groups in total. The average Bonchev–Trinajstić information content (AvgIpc) is 3.27. The van der Waals surface area contributed by atoms with Crippen molar-refractivity contribution in [2.24, 2.45) is 0 Å². The van der Waals surface area contributed by atoms with Crippen molar-refractivity contribution >= 4 is 27.9 Å². The molecular formula is C15H14N6S. The molecule has 0 aliphatic heterocycles. The molecule has 6 nitrogen and oxygen atoms in total. The van der Waals surface area contributed by atoms with Gasteiger partial charge in [-0.2, -0.15) is 5.21 Å². The van der Waals surface area contributed by atoms with Gasteiger partial charge in [0.2, 0.25) is 5.82 Å². The van der Waals surface area contributed by atoms with Gasteiger partial charge in [-0.15, -0.1) is 21.5 Å². The molecule has 0 fully saturated rings. The highest BCUT2D eigenvalue weighted by Gasteiger charge is 2.13. The van der Waals surface area contributed by atoms with E-state index in [1.165, 1.54) is 16.6 Å². The summed E-state index contributed by atoms with van der Waals surface area (Å²) in [6, 6.07) is 10.6. The maximum Gasteiger partial charge on any atom is 0.214 e. The zero-order chi connectivity index (χ0) is 14.9. The number of anilines is 1. The fourth-order valence-corrected chi connectivity index (χ4v) is 3.38. The zero-order valence-electron chi connectivity index (χ0n) is 11.9. The van der Waals surface area contributed by atoms with Crippen LogP contribution in [0.15, 0.2) is 41.9 Å². The number of aromatic nitrogens is 5. The van der Waals surface area contributed by atoms with Crippen LogP contribution in [0, 0.1) is 0 Å². The Balaban J connectivity index is 1.62. The Labute approximate surface area is 130 Å². The lowest BCUT2D eigenvalue weighted by molar-refractivity contribution is 0.881. The van der Waals surface area contributed by atoms with Crippen LogP contribution in [-0.2, 0) is 6.54 Å².